The number of benzene rings is 2. The molecule has 0 saturated heterocycles. The first kappa shape index (κ1) is 23.6. The van der Waals surface area contributed by atoms with E-state index >= 15 is 0 Å². The molecule has 5 rings (SSSR count). The number of aromatic nitrogens is 2. The Kier molecular flexibility index (Phi) is 7.00. The van der Waals surface area contributed by atoms with Crippen molar-refractivity contribution in [1.29, 1.82) is 0 Å². The van der Waals surface area contributed by atoms with Gasteiger partial charge in [0.1, 0.15) is 12.0 Å². The van der Waals surface area contributed by atoms with E-state index in [2.05, 4.69) is 76.6 Å². The maximum Gasteiger partial charge on any atom is 0.273 e. The second-order valence-corrected chi connectivity index (χ2v) is 9.14. The van der Waals surface area contributed by atoms with Crippen molar-refractivity contribution in [3.8, 4) is 0 Å². The smallest absolute Gasteiger partial charge is 0.273 e. The lowest BCUT2D eigenvalue weighted by Crippen LogP contribution is -2.26. The maximum absolute atomic E-state index is 12.5. The molecule has 0 aliphatic rings. The topological polar surface area (TPSA) is 87.3 Å². The van der Waals surface area contributed by atoms with Gasteiger partial charge in [0.15, 0.2) is 5.69 Å². The number of hydrogen-bond donors (Lipinski definition) is 2. The van der Waals surface area contributed by atoms with E-state index in [0.29, 0.717) is 24.7 Å². The number of H-pyrrole nitrogens is 1. The molecule has 3 heterocycles. The molecule has 0 bridgehead atoms. The Morgan fingerprint density at radius 3 is 2.75 bits per heavy atom. The fourth-order valence-corrected chi connectivity index (χ4v) is 4.45. The third-order valence-corrected chi connectivity index (χ3v) is 6.41. The fraction of sp³-hybridized carbons (Fsp3) is 0.241. The highest BCUT2D eigenvalue weighted by molar-refractivity contribution is 5.91. The van der Waals surface area contributed by atoms with Crippen LogP contribution in [0.3, 0.4) is 0 Å². The van der Waals surface area contributed by atoms with E-state index in [1.165, 1.54) is 33.9 Å². The van der Waals surface area contributed by atoms with Gasteiger partial charge < -0.3 is 19.1 Å². The third kappa shape index (κ3) is 5.58. The highest BCUT2D eigenvalue weighted by atomic mass is 16.3. The number of fused-ring (bicyclic) bond motifs is 1. The van der Waals surface area contributed by atoms with Gasteiger partial charge in [-0.2, -0.15) is 0 Å². The number of furan rings is 1. The van der Waals surface area contributed by atoms with Gasteiger partial charge in [-0.05, 0) is 55.2 Å². The number of carbonyl (C=O) groups is 1. The number of aromatic amines is 1. The van der Waals surface area contributed by atoms with E-state index in [9.17, 15) is 4.79 Å². The van der Waals surface area contributed by atoms with Crippen LogP contribution in [0.25, 0.3) is 10.9 Å². The van der Waals surface area contributed by atoms with Crippen LogP contribution in [-0.2, 0) is 26.1 Å². The minimum Gasteiger partial charge on any atom is -0.467 e. The van der Waals surface area contributed by atoms with Gasteiger partial charge in [0.25, 0.3) is 5.91 Å². The summed E-state index contributed by atoms with van der Waals surface area (Å²) >= 11 is 0. The average Bonchev–Trinajstić information content (AvgIpc) is 3.64. The summed E-state index contributed by atoms with van der Waals surface area (Å²) in [6, 6.07) is 18.5. The molecule has 2 N–H and O–H groups in total. The Morgan fingerprint density at radius 1 is 1.03 bits per heavy atom. The summed E-state index contributed by atoms with van der Waals surface area (Å²) in [5, 5.41) is 4.05. The van der Waals surface area contributed by atoms with Crippen LogP contribution in [0, 0.1) is 13.8 Å². The molecule has 2 aromatic carbocycles. The summed E-state index contributed by atoms with van der Waals surface area (Å²) in [5.41, 5.74) is 6.46. The molecule has 5 aromatic rings. The van der Waals surface area contributed by atoms with Crippen molar-refractivity contribution >= 4 is 16.8 Å². The molecular weight excluding hydrogens is 452 g/mol. The summed E-state index contributed by atoms with van der Waals surface area (Å²) in [5.74, 6) is 0.909. The zero-order valence-electron chi connectivity index (χ0n) is 20.6. The monoisotopic (exact) mass is 482 g/mol. The average molecular weight is 483 g/mol. The van der Waals surface area contributed by atoms with Crippen LogP contribution >= 0.6 is 0 Å². The molecule has 0 unspecified atom stereocenters. The van der Waals surface area contributed by atoms with Gasteiger partial charge in [-0.1, -0.05) is 42.0 Å². The second-order valence-electron chi connectivity index (χ2n) is 9.14. The Hall–Kier alpha value is -4.10. The lowest BCUT2D eigenvalue weighted by molar-refractivity contribution is 0.0943. The van der Waals surface area contributed by atoms with Crippen LogP contribution in [0.4, 0.5) is 0 Å². The SMILES string of the molecule is Cc1ccc(CN(CCc2c[nH]c3ccccc23)Cc2nc(C(=O)NCc3ccco3)co2)c(C)c1. The second kappa shape index (κ2) is 10.7. The van der Waals surface area contributed by atoms with E-state index in [1.807, 2.05) is 12.1 Å². The zero-order valence-corrected chi connectivity index (χ0v) is 20.6. The van der Waals surface area contributed by atoms with Crippen LogP contribution in [0.15, 0.2) is 82.2 Å². The van der Waals surface area contributed by atoms with Crippen molar-refractivity contribution in [2.24, 2.45) is 0 Å². The van der Waals surface area contributed by atoms with Crippen molar-refractivity contribution < 1.29 is 13.6 Å². The first-order chi connectivity index (χ1) is 17.5. The zero-order chi connectivity index (χ0) is 24.9. The standard InChI is InChI=1S/C29H30N4O3/c1-20-9-10-23(21(2)14-20)17-33(12-11-22-15-30-26-8-4-3-7-25(22)26)18-28-32-27(19-36-28)29(34)31-16-24-6-5-13-35-24/h3-10,13-15,19,30H,11-12,16-18H2,1-2H3,(H,31,34). The lowest BCUT2D eigenvalue weighted by atomic mass is 10.0. The molecule has 0 aliphatic carbocycles. The number of carbonyl (C=O) groups excluding carboxylic acids is 1. The number of para-hydroxylation sites is 1. The molecule has 7 nitrogen and oxygen atoms in total. The fourth-order valence-electron chi connectivity index (χ4n) is 4.45. The molecule has 0 fully saturated rings. The van der Waals surface area contributed by atoms with Gasteiger partial charge >= 0.3 is 0 Å². The summed E-state index contributed by atoms with van der Waals surface area (Å²) in [6.45, 7) is 6.64. The molecule has 0 aliphatic heterocycles. The molecule has 0 spiro atoms. The minimum absolute atomic E-state index is 0.264. The van der Waals surface area contributed by atoms with Crippen LogP contribution in [0.5, 0.6) is 0 Å². The van der Waals surface area contributed by atoms with E-state index < -0.39 is 0 Å². The summed E-state index contributed by atoms with van der Waals surface area (Å²) in [4.78, 5) is 22.7. The first-order valence-electron chi connectivity index (χ1n) is 12.1. The van der Waals surface area contributed by atoms with Gasteiger partial charge in [-0.3, -0.25) is 9.69 Å². The van der Waals surface area contributed by atoms with Gasteiger partial charge in [-0.25, -0.2) is 4.98 Å². The predicted molar refractivity (Wildman–Crippen MR) is 138 cm³/mol. The number of nitrogens with one attached hydrogen (secondary N) is 2. The van der Waals surface area contributed by atoms with Crippen molar-refractivity contribution in [3.05, 3.63) is 113 Å². The number of nitrogens with zero attached hydrogens (tertiary/aromatic N) is 2. The molecule has 3 aromatic heterocycles. The Morgan fingerprint density at radius 2 is 1.92 bits per heavy atom. The van der Waals surface area contributed by atoms with Gasteiger partial charge in [0, 0.05) is 30.2 Å². The van der Waals surface area contributed by atoms with Crippen LogP contribution in [0.2, 0.25) is 0 Å². The highest BCUT2D eigenvalue weighted by Gasteiger charge is 2.17. The number of amides is 1. The minimum atomic E-state index is -0.291. The molecule has 184 valence electrons. The van der Waals surface area contributed by atoms with E-state index in [4.69, 9.17) is 8.83 Å². The Balaban J connectivity index is 1.29. The first-order valence-corrected chi connectivity index (χ1v) is 12.1. The third-order valence-electron chi connectivity index (χ3n) is 6.41. The van der Waals surface area contributed by atoms with E-state index in [-0.39, 0.29) is 11.6 Å². The normalized spacial score (nSPS) is 11.4. The van der Waals surface area contributed by atoms with E-state index in [0.717, 1.165) is 25.0 Å². The molecule has 36 heavy (non-hydrogen) atoms. The molecule has 7 heteroatoms. The summed E-state index contributed by atoms with van der Waals surface area (Å²) in [6.07, 6.45) is 5.97. The Bertz CT molecular complexity index is 1450. The van der Waals surface area contributed by atoms with Crippen molar-refractivity contribution in [2.45, 2.75) is 39.9 Å². The molecule has 0 saturated carbocycles. The molecule has 0 atom stereocenters. The summed E-state index contributed by atoms with van der Waals surface area (Å²) in [7, 11) is 0. The molecular formula is C29H30N4O3. The highest BCUT2D eigenvalue weighted by Crippen LogP contribution is 2.20. The number of rotatable bonds is 10. The van der Waals surface area contributed by atoms with Crippen LogP contribution in [-0.4, -0.2) is 27.3 Å². The van der Waals surface area contributed by atoms with Gasteiger partial charge in [0.05, 0.1) is 19.4 Å². The lowest BCUT2D eigenvalue weighted by Gasteiger charge is -2.22. The van der Waals surface area contributed by atoms with E-state index in [1.54, 1.807) is 12.3 Å². The van der Waals surface area contributed by atoms with Crippen LogP contribution < -0.4 is 5.32 Å². The Labute approximate surface area is 210 Å². The number of aryl methyl sites for hydroxylation is 2. The van der Waals surface area contributed by atoms with Crippen molar-refractivity contribution in [2.75, 3.05) is 6.54 Å². The van der Waals surface area contributed by atoms with Crippen LogP contribution in [0.1, 0.15) is 44.4 Å². The van der Waals surface area contributed by atoms with Gasteiger partial charge in [-0.15, -0.1) is 0 Å². The maximum atomic E-state index is 12.5. The largest absolute Gasteiger partial charge is 0.467 e. The van der Waals surface area contributed by atoms with Gasteiger partial charge in [0.2, 0.25) is 5.89 Å². The quantitative estimate of drug-likeness (QED) is 0.273. The predicted octanol–water partition coefficient (Wildman–Crippen LogP) is 5.54. The van der Waals surface area contributed by atoms with Crippen molar-refractivity contribution in [3.63, 3.8) is 0 Å². The molecule has 1 amide bonds. The summed E-state index contributed by atoms with van der Waals surface area (Å²) < 4.78 is 11.0. The number of hydrogen-bond acceptors (Lipinski definition) is 5. The van der Waals surface area contributed by atoms with Crippen molar-refractivity contribution in [1.82, 2.24) is 20.2 Å². The number of oxazole rings is 1. The molecule has 0 radical (unpaired) electrons.